The zero-order valence-electron chi connectivity index (χ0n) is 13.6. The molecule has 0 saturated carbocycles. The van der Waals surface area contributed by atoms with Gasteiger partial charge in [-0.15, -0.1) is 0 Å². The second kappa shape index (κ2) is 7.44. The summed E-state index contributed by atoms with van der Waals surface area (Å²) in [6.07, 6.45) is 3.15. The third kappa shape index (κ3) is 3.62. The SMILES string of the molecule is CCc1c(C(=O)OCC(=O)Nc2ccc(F)cc2Cl)cnc2ncnn12. The van der Waals surface area contributed by atoms with Crippen LogP contribution in [0.1, 0.15) is 23.0 Å². The van der Waals surface area contributed by atoms with Crippen molar-refractivity contribution in [2.24, 2.45) is 0 Å². The number of esters is 1. The smallest absolute Gasteiger partial charge is 0.342 e. The molecule has 0 aliphatic carbocycles. The number of amides is 1. The molecular weight excluding hydrogens is 365 g/mol. The third-order valence-electron chi connectivity index (χ3n) is 3.50. The third-order valence-corrected chi connectivity index (χ3v) is 3.81. The van der Waals surface area contributed by atoms with E-state index in [1.807, 2.05) is 6.92 Å². The van der Waals surface area contributed by atoms with E-state index < -0.39 is 24.3 Å². The van der Waals surface area contributed by atoms with Crippen molar-refractivity contribution < 1.29 is 18.7 Å². The van der Waals surface area contributed by atoms with Gasteiger partial charge in [-0.3, -0.25) is 4.79 Å². The second-order valence-corrected chi connectivity index (χ2v) is 5.60. The van der Waals surface area contributed by atoms with Crippen LogP contribution >= 0.6 is 11.6 Å². The fourth-order valence-electron chi connectivity index (χ4n) is 2.32. The minimum absolute atomic E-state index is 0.0405. The number of carbonyl (C=O) groups excluding carboxylic acids is 2. The molecule has 0 bridgehead atoms. The van der Waals surface area contributed by atoms with Crippen LogP contribution in [-0.2, 0) is 16.0 Å². The molecule has 2 aromatic heterocycles. The summed E-state index contributed by atoms with van der Waals surface area (Å²) in [4.78, 5) is 32.2. The maximum Gasteiger partial charge on any atom is 0.342 e. The Morgan fingerprint density at radius 1 is 1.35 bits per heavy atom. The first-order chi connectivity index (χ1) is 12.5. The number of aryl methyl sites for hydroxylation is 1. The molecule has 0 aliphatic rings. The van der Waals surface area contributed by atoms with Crippen LogP contribution in [0.4, 0.5) is 10.1 Å². The van der Waals surface area contributed by atoms with E-state index in [-0.39, 0.29) is 16.3 Å². The highest BCUT2D eigenvalue weighted by molar-refractivity contribution is 6.33. The van der Waals surface area contributed by atoms with Gasteiger partial charge in [-0.2, -0.15) is 10.1 Å². The molecule has 10 heteroatoms. The van der Waals surface area contributed by atoms with E-state index in [9.17, 15) is 14.0 Å². The first-order valence-electron chi connectivity index (χ1n) is 7.59. The van der Waals surface area contributed by atoms with Crippen molar-refractivity contribution in [3.05, 3.63) is 52.8 Å². The predicted molar refractivity (Wildman–Crippen MR) is 90.5 cm³/mol. The Labute approximate surface area is 152 Å². The summed E-state index contributed by atoms with van der Waals surface area (Å²) in [5, 5.41) is 6.49. The highest BCUT2D eigenvalue weighted by atomic mass is 35.5. The van der Waals surface area contributed by atoms with Crippen LogP contribution in [0.25, 0.3) is 5.78 Å². The van der Waals surface area contributed by atoms with E-state index in [1.54, 1.807) is 0 Å². The van der Waals surface area contributed by atoms with Crippen molar-refractivity contribution in [1.29, 1.82) is 0 Å². The first kappa shape index (κ1) is 17.7. The van der Waals surface area contributed by atoms with Gasteiger partial charge in [0.15, 0.2) is 6.61 Å². The second-order valence-electron chi connectivity index (χ2n) is 5.19. The van der Waals surface area contributed by atoms with Crippen LogP contribution in [-0.4, -0.2) is 38.1 Å². The fourth-order valence-corrected chi connectivity index (χ4v) is 2.54. The van der Waals surface area contributed by atoms with Gasteiger partial charge in [0.25, 0.3) is 11.7 Å². The summed E-state index contributed by atoms with van der Waals surface area (Å²) in [7, 11) is 0. The van der Waals surface area contributed by atoms with Crippen molar-refractivity contribution in [1.82, 2.24) is 19.6 Å². The standard InChI is InChI=1S/C16H13ClFN5O3/c1-2-13-10(6-19-16-20-8-21-23(13)16)15(25)26-7-14(24)22-12-4-3-9(18)5-11(12)17/h3-6,8H,2,7H2,1H3,(H,22,24). The van der Waals surface area contributed by atoms with Crippen molar-refractivity contribution >= 4 is 34.9 Å². The Bertz CT molecular complexity index is 991. The molecule has 8 nitrogen and oxygen atoms in total. The number of nitrogens with zero attached hydrogens (tertiary/aromatic N) is 4. The van der Waals surface area contributed by atoms with E-state index >= 15 is 0 Å². The summed E-state index contributed by atoms with van der Waals surface area (Å²) in [5.74, 6) is -1.49. The number of nitrogens with one attached hydrogen (secondary N) is 1. The number of aromatic nitrogens is 4. The lowest BCUT2D eigenvalue weighted by Gasteiger charge is -2.10. The van der Waals surface area contributed by atoms with E-state index in [0.29, 0.717) is 17.9 Å². The normalized spacial score (nSPS) is 10.7. The molecular formula is C16H13ClFN5O3. The fraction of sp³-hybridized carbons (Fsp3) is 0.188. The number of fused-ring (bicyclic) bond motifs is 1. The molecule has 1 aromatic carbocycles. The predicted octanol–water partition coefficient (Wildman–Crippen LogP) is 2.27. The molecule has 1 N–H and O–H groups in total. The summed E-state index contributed by atoms with van der Waals surface area (Å²) in [5.41, 5.74) is 0.978. The van der Waals surface area contributed by atoms with Gasteiger partial charge in [0.2, 0.25) is 0 Å². The number of ether oxygens (including phenoxy) is 1. The molecule has 3 rings (SSSR count). The first-order valence-corrected chi connectivity index (χ1v) is 7.97. The molecule has 0 atom stereocenters. The number of hydrogen-bond acceptors (Lipinski definition) is 6. The van der Waals surface area contributed by atoms with Gasteiger partial charge < -0.3 is 10.1 Å². The lowest BCUT2D eigenvalue weighted by Crippen LogP contribution is -2.22. The summed E-state index contributed by atoms with van der Waals surface area (Å²) < 4.78 is 19.5. The Hall–Kier alpha value is -3.07. The van der Waals surface area contributed by atoms with Crippen LogP contribution < -0.4 is 5.32 Å². The van der Waals surface area contributed by atoms with Gasteiger partial charge in [0.05, 0.1) is 22.0 Å². The Balaban J connectivity index is 1.68. The van der Waals surface area contributed by atoms with Crippen molar-refractivity contribution in [3.8, 4) is 0 Å². The van der Waals surface area contributed by atoms with E-state index in [0.717, 1.165) is 12.1 Å². The maximum atomic E-state index is 13.0. The van der Waals surface area contributed by atoms with Crippen molar-refractivity contribution in [2.75, 3.05) is 11.9 Å². The van der Waals surface area contributed by atoms with Crippen molar-refractivity contribution in [2.45, 2.75) is 13.3 Å². The highest BCUT2D eigenvalue weighted by Crippen LogP contribution is 2.22. The minimum Gasteiger partial charge on any atom is -0.452 e. The van der Waals surface area contributed by atoms with E-state index in [1.165, 1.54) is 23.1 Å². The molecule has 0 unspecified atom stereocenters. The van der Waals surface area contributed by atoms with E-state index in [4.69, 9.17) is 16.3 Å². The molecule has 0 spiro atoms. The molecule has 2 heterocycles. The highest BCUT2D eigenvalue weighted by Gasteiger charge is 2.18. The number of carbonyl (C=O) groups is 2. The maximum absolute atomic E-state index is 13.0. The van der Waals surface area contributed by atoms with Crippen LogP contribution in [0.3, 0.4) is 0 Å². The zero-order chi connectivity index (χ0) is 18.7. The minimum atomic E-state index is -0.716. The molecule has 0 saturated heterocycles. The zero-order valence-corrected chi connectivity index (χ0v) is 14.3. The summed E-state index contributed by atoms with van der Waals surface area (Å²) in [6.45, 7) is 1.31. The molecule has 1 amide bonds. The van der Waals surface area contributed by atoms with Gasteiger partial charge in [0.1, 0.15) is 12.1 Å². The number of hydrogen-bond donors (Lipinski definition) is 1. The molecule has 0 fully saturated rings. The summed E-state index contributed by atoms with van der Waals surface area (Å²) >= 11 is 5.83. The average molecular weight is 378 g/mol. The number of benzene rings is 1. The van der Waals surface area contributed by atoms with Crippen molar-refractivity contribution in [3.63, 3.8) is 0 Å². The van der Waals surface area contributed by atoms with Crippen LogP contribution in [0.2, 0.25) is 5.02 Å². The number of anilines is 1. The van der Waals surface area contributed by atoms with Gasteiger partial charge in [-0.25, -0.2) is 18.7 Å². The molecule has 26 heavy (non-hydrogen) atoms. The monoisotopic (exact) mass is 377 g/mol. The van der Waals surface area contributed by atoms with Crippen LogP contribution in [0, 0.1) is 5.82 Å². The summed E-state index contributed by atoms with van der Waals surface area (Å²) in [6, 6.07) is 3.53. The van der Waals surface area contributed by atoms with Crippen LogP contribution in [0.15, 0.2) is 30.7 Å². The molecule has 0 radical (unpaired) electrons. The molecule has 0 aliphatic heterocycles. The number of halogens is 2. The quantitative estimate of drug-likeness (QED) is 0.685. The number of rotatable bonds is 5. The Morgan fingerprint density at radius 3 is 2.88 bits per heavy atom. The van der Waals surface area contributed by atoms with Gasteiger partial charge in [-0.05, 0) is 24.6 Å². The van der Waals surface area contributed by atoms with Gasteiger partial charge in [-0.1, -0.05) is 18.5 Å². The molecule has 3 aromatic rings. The van der Waals surface area contributed by atoms with Gasteiger partial charge >= 0.3 is 5.97 Å². The lowest BCUT2D eigenvalue weighted by atomic mass is 10.2. The van der Waals surface area contributed by atoms with Gasteiger partial charge in [0, 0.05) is 6.20 Å². The Kier molecular flexibility index (Phi) is 5.08. The average Bonchev–Trinajstić information content (AvgIpc) is 3.10. The Morgan fingerprint density at radius 2 is 2.15 bits per heavy atom. The lowest BCUT2D eigenvalue weighted by molar-refractivity contribution is -0.119. The van der Waals surface area contributed by atoms with E-state index in [2.05, 4.69) is 20.4 Å². The largest absolute Gasteiger partial charge is 0.452 e. The molecule has 134 valence electrons. The topological polar surface area (TPSA) is 98.5 Å². The van der Waals surface area contributed by atoms with Crippen LogP contribution in [0.5, 0.6) is 0 Å².